The third-order valence-corrected chi connectivity index (χ3v) is 4.72. The van der Waals surface area contributed by atoms with Crippen molar-refractivity contribution in [3.05, 3.63) is 35.4 Å². The molecule has 20 heavy (non-hydrogen) atoms. The molecule has 1 aliphatic carbocycles. The van der Waals surface area contributed by atoms with Crippen LogP contribution in [0.2, 0.25) is 0 Å². The molecule has 2 rings (SSSR count). The van der Waals surface area contributed by atoms with Crippen LogP contribution in [0.25, 0.3) is 0 Å². The average molecular weight is 275 g/mol. The second-order valence-corrected chi connectivity index (χ2v) is 7.27. The van der Waals surface area contributed by atoms with Gasteiger partial charge >= 0.3 is 0 Å². The lowest BCUT2D eigenvalue weighted by Crippen LogP contribution is -2.35. The fourth-order valence-electron chi connectivity index (χ4n) is 3.26. The summed E-state index contributed by atoms with van der Waals surface area (Å²) in [5, 5.41) is 12.8. The lowest BCUT2D eigenvalue weighted by atomic mass is 9.71. The van der Waals surface area contributed by atoms with Crippen molar-refractivity contribution < 1.29 is 5.11 Å². The zero-order valence-electron chi connectivity index (χ0n) is 13.2. The van der Waals surface area contributed by atoms with E-state index in [4.69, 9.17) is 5.11 Å². The lowest BCUT2D eigenvalue weighted by molar-refractivity contribution is 0.160. The lowest BCUT2D eigenvalue weighted by Gasteiger charge is -2.37. The molecule has 0 unspecified atom stereocenters. The average Bonchev–Trinajstić information content (AvgIpc) is 2.45. The summed E-state index contributed by atoms with van der Waals surface area (Å²) in [5.41, 5.74) is 2.73. The monoisotopic (exact) mass is 275 g/mol. The van der Waals surface area contributed by atoms with Crippen molar-refractivity contribution in [2.45, 2.75) is 65.6 Å². The Morgan fingerprint density at radius 2 is 1.75 bits per heavy atom. The summed E-state index contributed by atoms with van der Waals surface area (Å²) in [5.74, 6) is 0.873. The van der Waals surface area contributed by atoms with E-state index in [-0.39, 0.29) is 6.61 Å². The third kappa shape index (κ3) is 4.32. The second-order valence-electron chi connectivity index (χ2n) is 7.27. The molecule has 1 saturated carbocycles. The van der Waals surface area contributed by atoms with E-state index in [1.807, 2.05) is 12.1 Å². The largest absolute Gasteiger partial charge is 0.392 e. The highest BCUT2D eigenvalue weighted by molar-refractivity contribution is 5.22. The summed E-state index contributed by atoms with van der Waals surface area (Å²) in [6, 6.07) is 8.88. The molecule has 2 nitrogen and oxygen atoms in total. The van der Waals surface area contributed by atoms with Gasteiger partial charge in [0.15, 0.2) is 0 Å². The number of aliphatic hydroxyl groups excluding tert-OH is 1. The zero-order valence-corrected chi connectivity index (χ0v) is 13.2. The van der Waals surface area contributed by atoms with E-state index in [1.165, 1.54) is 31.2 Å². The highest BCUT2D eigenvalue weighted by Gasteiger charge is 2.29. The summed E-state index contributed by atoms with van der Waals surface area (Å²) in [7, 11) is 0. The van der Waals surface area contributed by atoms with Crippen LogP contribution < -0.4 is 5.32 Å². The number of hydrogen-bond acceptors (Lipinski definition) is 2. The summed E-state index contributed by atoms with van der Waals surface area (Å²) in [4.78, 5) is 0. The minimum absolute atomic E-state index is 0.129. The van der Waals surface area contributed by atoms with Crippen LogP contribution in [0.15, 0.2) is 24.3 Å². The van der Waals surface area contributed by atoms with Crippen LogP contribution >= 0.6 is 0 Å². The van der Waals surface area contributed by atoms with E-state index in [1.54, 1.807) is 0 Å². The summed E-state index contributed by atoms with van der Waals surface area (Å²) >= 11 is 0. The van der Waals surface area contributed by atoms with E-state index in [9.17, 15) is 0 Å². The Morgan fingerprint density at radius 1 is 1.10 bits per heavy atom. The number of hydrogen-bond donors (Lipinski definition) is 2. The van der Waals surface area contributed by atoms with E-state index >= 15 is 0 Å². The van der Waals surface area contributed by atoms with E-state index in [0.717, 1.165) is 18.0 Å². The Balaban J connectivity index is 1.78. The predicted molar refractivity (Wildman–Crippen MR) is 84.4 cm³/mol. The van der Waals surface area contributed by atoms with Gasteiger partial charge in [0, 0.05) is 12.6 Å². The van der Waals surface area contributed by atoms with Crippen molar-refractivity contribution in [2.75, 3.05) is 0 Å². The highest BCUT2D eigenvalue weighted by Crippen LogP contribution is 2.37. The fourth-order valence-corrected chi connectivity index (χ4v) is 3.26. The smallest absolute Gasteiger partial charge is 0.0681 e. The molecule has 0 bridgehead atoms. The number of aliphatic hydroxyl groups is 1. The molecule has 0 radical (unpaired) electrons. The Hall–Kier alpha value is -0.860. The first-order chi connectivity index (χ1) is 9.49. The molecule has 2 N–H and O–H groups in total. The molecule has 2 heteroatoms. The van der Waals surface area contributed by atoms with Crippen molar-refractivity contribution in [3.63, 3.8) is 0 Å². The Bertz CT molecular complexity index is 414. The van der Waals surface area contributed by atoms with Gasteiger partial charge in [-0.3, -0.25) is 0 Å². The fraction of sp³-hybridized carbons (Fsp3) is 0.667. The van der Waals surface area contributed by atoms with Gasteiger partial charge in [-0.1, -0.05) is 45.0 Å². The molecule has 112 valence electrons. The Kier molecular flexibility index (Phi) is 5.22. The first-order valence-corrected chi connectivity index (χ1v) is 7.91. The van der Waals surface area contributed by atoms with Gasteiger partial charge in [-0.25, -0.2) is 0 Å². The predicted octanol–water partition coefficient (Wildman–Crippen LogP) is 3.87. The van der Waals surface area contributed by atoms with Gasteiger partial charge in [0.2, 0.25) is 0 Å². The van der Waals surface area contributed by atoms with Crippen LogP contribution in [0, 0.1) is 11.3 Å². The summed E-state index contributed by atoms with van der Waals surface area (Å²) < 4.78 is 0. The molecule has 0 aliphatic heterocycles. The summed E-state index contributed by atoms with van der Waals surface area (Å²) in [6.45, 7) is 8.15. The SMILES string of the molecule is CC(C)(C)C1CCC(NCc2cccc(CO)c2)CC1. The first kappa shape index (κ1) is 15.5. The Labute approximate surface area is 123 Å². The van der Waals surface area contributed by atoms with E-state index in [0.29, 0.717) is 11.5 Å². The quantitative estimate of drug-likeness (QED) is 0.874. The molecule has 0 amide bonds. The van der Waals surface area contributed by atoms with Crippen LogP contribution in [0.5, 0.6) is 0 Å². The Morgan fingerprint density at radius 3 is 2.35 bits per heavy atom. The van der Waals surface area contributed by atoms with Crippen LogP contribution in [0.1, 0.15) is 57.6 Å². The zero-order chi connectivity index (χ0) is 14.6. The van der Waals surface area contributed by atoms with E-state index < -0.39 is 0 Å². The molecule has 0 atom stereocenters. The van der Waals surface area contributed by atoms with Crippen LogP contribution in [0.3, 0.4) is 0 Å². The maximum absolute atomic E-state index is 9.16. The highest BCUT2D eigenvalue weighted by atomic mass is 16.3. The van der Waals surface area contributed by atoms with Gasteiger partial charge in [0.05, 0.1) is 6.61 Å². The number of rotatable bonds is 4. The maximum Gasteiger partial charge on any atom is 0.0681 e. The minimum atomic E-state index is 0.129. The van der Waals surface area contributed by atoms with Gasteiger partial charge in [0.25, 0.3) is 0 Å². The third-order valence-electron chi connectivity index (χ3n) is 4.72. The molecule has 0 spiro atoms. The van der Waals surface area contributed by atoms with Crippen LogP contribution in [-0.4, -0.2) is 11.1 Å². The second kappa shape index (κ2) is 6.73. The normalized spacial score (nSPS) is 23.8. The molecular weight excluding hydrogens is 246 g/mol. The molecule has 0 aromatic heterocycles. The molecule has 1 aliphatic rings. The van der Waals surface area contributed by atoms with Crippen molar-refractivity contribution in [1.29, 1.82) is 0 Å². The topological polar surface area (TPSA) is 32.3 Å². The standard InChI is InChI=1S/C18H29NO/c1-18(2,3)16-7-9-17(10-8-16)19-12-14-5-4-6-15(11-14)13-20/h4-6,11,16-17,19-20H,7-10,12-13H2,1-3H3. The number of nitrogens with one attached hydrogen (secondary N) is 1. The first-order valence-electron chi connectivity index (χ1n) is 7.91. The van der Waals surface area contributed by atoms with Crippen molar-refractivity contribution in [3.8, 4) is 0 Å². The van der Waals surface area contributed by atoms with Crippen LogP contribution in [-0.2, 0) is 13.2 Å². The molecule has 0 saturated heterocycles. The van der Waals surface area contributed by atoms with Crippen molar-refractivity contribution >= 4 is 0 Å². The van der Waals surface area contributed by atoms with Crippen LogP contribution in [0.4, 0.5) is 0 Å². The van der Waals surface area contributed by atoms with Gasteiger partial charge in [-0.05, 0) is 48.1 Å². The molecule has 0 heterocycles. The van der Waals surface area contributed by atoms with Crippen molar-refractivity contribution in [2.24, 2.45) is 11.3 Å². The van der Waals surface area contributed by atoms with Gasteiger partial charge in [-0.2, -0.15) is 0 Å². The van der Waals surface area contributed by atoms with E-state index in [2.05, 4.69) is 38.2 Å². The molecule has 1 aromatic carbocycles. The molecule has 1 fully saturated rings. The molecule has 1 aromatic rings. The molecular formula is C18H29NO. The maximum atomic E-state index is 9.16. The number of benzene rings is 1. The van der Waals surface area contributed by atoms with Gasteiger partial charge < -0.3 is 10.4 Å². The summed E-state index contributed by atoms with van der Waals surface area (Å²) in [6.07, 6.45) is 5.28. The van der Waals surface area contributed by atoms with Gasteiger partial charge in [-0.15, -0.1) is 0 Å². The van der Waals surface area contributed by atoms with Gasteiger partial charge in [0.1, 0.15) is 0 Å². The van der Waals surface area contributed by atoms with Crippen molar-refractivity contribution in [1.82, 2.24) is 5.32 Å². The minimum Gasteiger partial charge on any atom is -0.392 e.